The zero-order chi connectivity index (χ0) is 110. The SMILES string of the molecule is OCCCOCC(O)COCC(O)COCC(F)(F)OC(F)(F)OC(F)(F)COCCOCC(O)COC12CC3CC(O)(CC(O)(C3)C1)C2.OCCCOCC(O)COCC(O)COCC(F)(F)OC(F)(F)OC(F)(F)COCCOCC(O)COC1CCCCC(O)CCC1.OCCCOCC(O)COCC(O)COCC(F)(F)OC(F)(F)OC(F)(F)COCCOCC(O)COC1CCCCCCCC(O)CCCC1. The fourth-order valence-electron chi connectivity index (χ4n) is 15.9. The van der Waals surface area contributed by atoms with Crippen molar-refractivity contribution in [1.82, 2.24) is 0 Å². The van der Waals surface area contributed by atoms with Crippen molar-refractivity contribution in [2.24, 2.45) is 5.92 Å². The minimum atomic E-state index is -5.49. The standard InChI is InChI=1S/C32H58F6O13.C29H48F6O14.C28H50F6O13/c33-30(34,50-32(37,38)51-31(35,36)24-48-21-27(42)20-47-19-26(41)17-44-14-8-13-39)23-46-16-15-45-18-28(43)22-49-29-11-5-3-1-2-4-9-25(40)10-6-7-12-29;30-27(31,48-29(34,35)49-28(32,33)19-46-13-22(38)12-45-11-21(37)9-42-3-1-2-36)18-44-5-4-43-10-23(39)14-47-26-8-20-6-24(40,16-26)15-25(41,7-20)17-26;29-26(30,19-42-12-11-41-14-24(39)18-45-25-7-2-1-5-21(36)6-3-8-25)46-28(33,34)47-27(31,32)20-44-17-23(38)16-43-15-22(37)13-40-10-4-9-35/h25-29,39-43H,1-24H2;20-23,36-41H,1-19H2;21-25,35-39H,1-20H2. The maximum absolute atomic E-state index is 13.9. The number of hydrogen-bond donors (Lipinski definition) is 16. The summed E-state index contributed by atoms with van der Waals surface area (Å²) in [5.41, 5.74) is -2.81. The molecule has 0 aromatic rings. The molecule has 0 aromatic carbocycles. The van der Waals surface area contributed by atoms with Gasteiger partial charge in [-0.2, -0.15) is 52.7 Å². The molecule has 40 nitrogen and oxygen atoms in total. The zero-order valence-electron chi connectivity index (χ0n) is 82.4. The molecule has 4 bridgehead atoms. The van der Waals surface area contributed by atoms with Gasteiger partial charge in [0.15, 0.2) is 0 Å². The number of halogens is 18. The Bertz CT molecular complexity index is 3210. The van der Waals surface area contributed by atoms with Crippen LogP contribution in [0.25, 0.3) is 0 Å². The summed E-state index contributed by atoms with van der Waals surface area (Å²) >= 11 is 0. The van der Waals surface area contributed by atoms with Gasteiger partial charge in [0.25, 0.3) is 0 Å². The van der Waals surface area contributed by atoms with Crippen molar-refractivity contribution in [3.63, 3.8) is 0 Å². The number of aliphatic hydroxyl groups excluding tert-OH is 14. The first-order valence-electron chi connectivity index (χ1n) is 48.9. The molecule has 15 unspecified atom stereocenters. The van der Waals surface area contributed by atoms with Crippen LogP contribution in [0.3, 0.4) is 0 Å². The smallest absolute Gasteiger partial charge is 0.396 e. The van der Waals surface area contributed by atoms with E-state index in [4.69, 9.17) is 72.2 Å². The summed E-state index contributed by atoms with van der Waals surface area (Å²) in [5, 5.41) is 155. The summed E-state index contributed by atoms with van der Waals surface area (Å²) in [6.45, 7) is -19.4. The molecule has 6 aliphatic rings. The molecule has 6 rings (SSSR count). The summed E-state index contributed by atoms with van der Waals surface area (Å²) in [6.07, 6.45) is -37.2. The second-order valence-corrected chi connectivity index (χ2v) is 36.7. The molecule has 0 heterocycles. The van der Waals surface area contributed by atoms with Crippen LogP contribution >= 0.6 is 0 Å². The summed E-state index contributed by atoms with van der Waals surface area (Å²) in [4.78, 5) is 0. The van der Waals surface area contributed by atoms with Crippen LogP contribution in [0.4, 0.5) is 79.0 Å². The monoisotopic (exact) mass is 2210 g/mol. The first-order valence-corrected chi connectivity index (χ1v) is 48.9. The van der Waals surface area contributed by atoms with E-state index in [0.29, 0.717) is 57.8 Å². The van der Waals surface area contributed by atoms with Crippen LogP contribution in [0.1, 0.15) is 173 Å². The largest absolute Gasteiger partial charge is 0.495 e. The number of alkyl halides is 18. The summed E-state index contributed by atoms with van der Waals surface area (Å²) in [5.74, 6) is 0.108. The molecule has 15 atom stereocenters. The van der Waals surface area contributed by atoms with Crippen LogP contribution < -0.4 is 0 Å². The van der Waals surface area contributed by atoms with Crippen molar-refractivity contribution in [2.45, 2.75) is 325 Å². The Hall–Kier alpha value is -2.86. The van der Waals surface area contributed by atoms with Crippen LogP contribution in [-0.4, -0.2) is 471 Å². The van der Waals surface area contributed by atoms with Crippen molar-refractivity contribution < 1.29 is 274 Å². The lowest BCUT2D eigenvalue weighted by molar-refractivity contribution is -0.519. The van der Waals surface area contributed by atoms with E-state index in [1.165, 1.54) is 0 Å². The topological polar surface area (TPSA) is 545 Å². The van der Waals surface area contributed by atoms with E-state index in [0.717, 1.165) is 109 Å². The Morgan fingerprint density at radius 3 is 0.748 bits per heavy atom. The molecule has 6 fully saturated rings. The summed E-state index contributed by atoms with van der Waals surface area (Å²) < 4.78 is 356. The van der Waals surface area contributed by atoms with Crippen molar-refractivity contribution in [3.05, 3.63) is 0 Å². The van der Waals surface area contributed by atoms with Crippen LogP contribution in [0.15, 0.2) is 0 Å². The minimum Gasteiger partial charge on any atom is -0.396 e. The second kappa shape index (κ2) is 73.7. The lowest BCUT2D eigenvalue weighted by Crippen LogP contribution is -2.66. The highest BCUT2D eigenvalue weighted by Crippen LogP contribution is 2.60. The van der Waals surface area contributed by atoms with E-state index in [1.54, 1.807) is 0 Å². The average molecular weight is 2210 g/mol. The van der Waals surface area contributed by atoms with Gasteiger partial charge in [-0.05, 0) is 102 Å². The predicted molar refractivity (Wildman–Crippen MR) is 467 cm³/mol. The van der Waals surface area contributed by atoms with Gasteiger partial charge in [0.2, 0.25) is 0 Å². The molecule has 6 aliphatic carbocycles. The van der Waals surface area contributed by atoms with Gasteiger partial charge in [-0.3, -0.25) is 0 Å². The maximum atomic E-state index is 13.9. The van der Waals surface area contributed by atoms with Crippen molar-refractivity contribution >= 4 is 0 Å². The molecule has 0 aliphatic heterocycles. The predicted octanol–water partition coefficient (Wildman–Crippen LogP) is 5.67. The van der Waals surface area contributed by atoms with Gasteiger partial charge in [-0.25, -0.2) is 28.4 Å². The Kier molecular flexibility index (Phi) is 69.3. The highest BCUT2D eigenvalue weighted by molar-refractivity contribution is 5.16. The quantitative estimate of drug-likeness (QED) is 0.0198. The van der Waals surface area contributed by atoms with Gasteiger partial charge in [0, 0.05) is 58.9 Å². The van der Waals surface area contributed by atoms with Crippen molar-refractivity contribution in [1.29, 1.82) is 0 Å². The third-order valence-electron chi connectivity index (χ3n) is 21.7. The molecule has 0 amide bonds. The van der Waals surface area contributed by atoms with Crippen LogP contribution in [0.2, 0.25) is 0 Å². The Labute approximate surface area is 840 Å². The van der Waals surface area contributed by atoms with Gasteiger partial charge >= 0.3 is 55.5 Å². The van der Waals surface area contributed by atoms with Crippen LogP contribution in [0, 0.1) is 5.92 Å². The molecule has 58 heteroatoms. The first-order chi connectivity index (χ1) is 69.0. The van der Waals surface area contributed by atoms with Crippen LogP contribution in [-0.2, 0) is 114 Å². The summed E-state index contributed by atoms with van der Waals surface area (Å²) in [6, 6.07) is 0. The van der Waals surface area contributed by atoms with Gasteiger partial charge in [0.1, 0.15) is 94.6 Å². The first kappa shape index (κ1) is 138. The Balaban J connectivity index is 0.000000567. The lowest BCUT2D eigenvalue weighted by atomic mass is 9.50. The molecule has 0 spiro atoms. The van der Waals surface area contributed by atoms with Gasteiger partial charge in [-0.1, -0.05) is 57.8 Å². The lowest BCUT2D eigenvalue weighted by Gasteiger charge is -2.62. The van der Waals surface area contributed by atoms with E-state index in [9.17, 15) is 145 Å². The van der Waals surface area contributed by atoms with E-state index in [-0.39, 0.29) is 175 Å². The fraction of sp³-hybridized carbons (Fsp3) is 1.00. The molecule has 0 saturated heterocycles. The van der Waals surface area contributed by atoms with Crippen molar-refractivity contribution in [2.75, 3.05) is 238 Å². The number of hydrogen-bond acceptors (Lipinski definition) is 40. The van der Waals surface area contributed by atoms with Gasteiger partial charge in [0.05, 0.1) is 200 Å². The van der Waals surface area contributed by atoms with Crippen molar-refractivity contribution in [3.8, 4) is 0 Å². The zero-order valence-corrected chi connectivity index (χ0v) is 82.4. The van der Waals surface area contributed by atoms with Gasteiger partial charge < -0.3 is 167 Å². The molecule has 16 N–H and O–H groups in total. The highest BCUT2D eigenvalue weighted by Gasteiger charge is 2.64. The van der Waals surface area contributed by atoms with Crippen LogP contribution in [0.5, 0.6) is 0 Å². The van der Waals surface area contributed by atoms with Gasteiger partial charge in [-0.15, -0.1) is 26.3 Å². The normalized spacial score (nSPS) is 23.6. The molecule has 6 saturated carbocycles. The highest BCUT2D eigenvalue weighted by atomic mass is 19.3. The molecule has 0 aromatic heterocycles. The second-order valence-electron chi connectivity index (χ2n) is 36.7. The summed E-state index contributed by atoms with van der Waals surface area (Å²) in [7, 11) is 0. The molecule has 0 radical (unpaired) electrons. The van der Waals surface area contributed by atoms with E-state index < -0.39 is 226 Å². The van der Waals surface area contributed by atoms with E-state index >= 15 is 0 Å². The third kappa shape index (κ3) is 71.9. The Morgan fingerprint density at radius 1 is 0.238 bits per heavy atom. The molecule has 147 heavy (non-hydrogen) atoms. The third-order valence-corrected chi connectivity index (χ3v) is 21.7. The Morgan fingerprint density at radius 2 is 0.456 bits per heavy atom. The van der Waals surface area contributed by atoms with E-state index in [2.05, 4.69) is 56.8 Å². The number of rotatable bonds is 81. The number of ether oxygens (including phenoxy) is 24. The minimum absolute atomic E-state index is 0.0191. The molecular formula is C89H156F18O40. The number of aliphatic hydroxyl groups is 16. The fourth-order valence-corrected chi connectivity index (χ4v) is 15.9. The molecular weight excluding hydrogens is 2050 g/mol. The molecule has 878 valence electrons. The average Bonchev–Trinajstić information content (AvgIpc) is 0.798. The van der Waals surface area contributed by atoms with E-state index in [1.807, 2.05) is 0 Å². The maximum Gasteiger partial charge on any atom is 0.495 e.